The second-order valence-electron chi connectivity index (χ2n) is 6.81. The fourth-order valence-corrected chi connectivity index (χ4v) is 3.63. The highest BCUT2D eigenvalue weighted by Crippen LogP contribution is 2.28. The van der Waals surface area contributed by atoms with Crippen LogP contribution in [0.15, 0.2) is 12.4 Å². The van der Waals surface area contributed by atoms with Crippen LogP contribution in [0.3, 0.4) is 0 Å². The summed E-state index contributed by atoms with van der Waals surface area (Å²) in [7, 11) is 4.21. The number of carbonyl (C=O) groups is 1. The minimum atomic E-state index is -0.0397. The zero-order valence-corrected chi connectivity index (χ0v) is 14.1. The lowest BCUT2D eigenvalue weighted by molar-refractivity contribution is -0.143. The zero-order valence-electron chi connectivity index (χ0n) is 14.1. The molecule has 0 bridgehead atoms. The third-order valence-electron chi connectivity index (χ3n) is 5.15. The highest BCUT2D eigenvalue weighted by Gasteiger charge is 2.44. The van der Waals surface area contributed by atoms with Gasteiger partial charge in [0, 0.05) is 50.0 Å². The molecule has 0 saturated carbocycles. The Morgan fingerprint density at radius 1 is 1.36 bits per heavy atom. The summed E-state index contributed by atoms with van der Waals surface area (Å²) in [6.45, 7) is 7.66. The second-order valence-corrected chi connectivity index (χ2v) is 6.81. The first kappa shape index (κ1) is 15.5. The first-order valence-corrected chi connectivity index (χ1v) is 8.22. The molecule has 1 aromatic rings. The van der Waals surface area contributed by atoms with E-state index in [1.54, 1.807) is 0 Å². The van der Waals surface area contributed by atoms with Crippen LogP contribution in [-0.4, -0.2) is 75.7 Å². The van der Waals surface area contributed by atoms with Crippen LogP contribution in [-0.2, 0) is 17.9 Å². The van der Waals surface area contributed by atoms with Crippen LogP contribution in [0.2, 0.25) is 0 Å². The standard InChI is InChI=1S/C16H27N5O/c1-5-20-9-13(7-17-20)8-19-10-15-6-14(18(3)4)11-21(15)16(22)12(19)2/h7,9,12,14-15H,5-6,8,10-11H2,1-4H3. The van der Waals surface area contributed by atoms with Crippen molar-refractivity contribution in [1.82, 2.24) is 24.5 Å². The highest BCUT2D eigenvalue weighted by molar-refractivity contribution is 5.83. The van der Waals surface area contributed by atoms with E-state index in [-0.39, 0.29) is 11.9 Å². The smallest absolute Gasteiger partial charge is 0.240 e. The third kappa shape index (κ3) is 2.77. The summed E-state index contributed by atoms with van der Waals surface area (Å²) in [5, 5.41) is 4.33. The third-order valence-corrected chi connectivity index (χ3v) is 5.15. The Hall–Kier alpha value is -1.40. The molecular formula is C16H27N5O. The number of rotatable bonds is 4. The molecule has 3 atom stereocenters. The van der Waals surface area contributed by atoms with E-state index in [4.69, 9.17) is 0 Å². The SMILES string of the molecule is CCn1cc(CN2CC3CC(N(C)C)CN3C(=O)C2C)cn1. The molecule has 6 nitrogen and oxygen atoms in total. The van der Waals surface area contributed by atoms with Crippen LogP contribution in [0.4, 0.5) is 0 Å². The molecule has 122 valence electrons. The fourth-order valence-electron chi connectivity index (χ4n) is 3.63. The van der Waals surface area contributed by atoms with Crippen LogP contribution < -0.4 is 0 Å². The highest BCUT2D eigenvalue weighted by atomic mass is 16.2. The number of nitrogens with zero attached hydrogens (tertiary/aromatic N) is 5. The number of carbonyl (C=O) groups excluding carboxylic acids is 1. The summed E-state index contributed by atoms with van der Waals surface area (Å²) in [6.07, 6.45) is 5.08. The summed E-state index contributed by atoms with van der Waals surface area (Å²) in [5.41, 5.74) is 1.19. The predicted octanol–water partition coefficient (Wildman–Crippen LogP) is 0.638. The maximum Gasteiger partial charge on any atom is 0.240 e. The van der Waals surface area contributed by atoms with Gasteiger partial charge >= 0.3 is 0 Å². The molecule has 2 saturated heterocycles. The van der Waals surface area contributed by atoms with Crippen molar-refractivity contribution in [2.24, 2.45) is 0 Å². The molecule has 1 aromatic heterocycles. The van der Waals surface area contributed by atoms with Gasteiger partial charge in [-0.25, -0.2) is 0 Å². The van der Waals surface area contributed by atoms with Gasteiger partial charge in [0.25, 0.3) is 0 Å². The molecule has 2 fully saturated rings. The lowest BCUT2D eigenvalue weighted by atomic mass is 10.1. The number of amides is 1. The van der Waals surface area contributed by atoms with E-state index in [1.807, 2.05) is 17.8 Å². The lowest BCUT2D eigenvalue weighted by Gasteiger charge is -2.41. The molecule has 0 radical (unpaired) electrons. The largest absolute Gasteiger partial charge is 0.335 e. The number of hydrogen-bond acceptors (Lipinski definition) is 4. The summed E-state index contributed by atoms with van der Waals surface area (Å²) < 4.78 is 1.94. The molecule has 3 rings (SSSR count). The van der Waals surface area contributed by atoms with Crippen molar-refractivity contribution in [2.75, 3.05) is 27.2 Å². The van der Waals surface area contributed by atoms with Gasteiger partial charge < -0.3 is 9.80 Å². The van der Waals surface area contributed by atoms with E-state index in [2.05, 4.69) is 47.0 Å². The normalized spacial score (nSPS) is 29.4. The predicted molar refractivity (Wildman–Crippen MR) is 85.4 cm³/mol. The summed E-state index contributed by atoms with van der Waals surface area (Å²) in [5.74, 6) is 0.281. The molecule has 0 aliphatic carbocycles. The number of piperazine rings is 1. The molecule has 0 N–H and O–H groups in total. The van der Waals surface area contributed by atoms with Crippen molar-refractivity contribution < 1.29 is 4.79 Å². The lowest BCUT2D eigenvalue weighted by Crippen LogP contribution is -2.58. The molecular weight excluding hydrogens is 278 g/mol. The quantitative estimate of drug-likeness (QED) is 0.819. The fraction of sp³-hybridized carbons (Fsp3) is 0.750. The number of aromatic nitrogens is 2. The molecule has 0 spiro atoms. The first-order chi connectivity index (χ1) is 10.5. The van der Waals surface area contributed by atoms with E-state index in [9.17, 15) is 4.79 Å². The first-order valence-electron chi connectivity index (χ1n) is 8.22. The Kier molecular flexibility index (Phi) is 4.23. The molecule has 2 aliphatic heterocycles. The number of fused-ring (bicyclic) bond motifs is 1. The topological polar surface area (TPSA) is 44.6 Å². The average molecular weight is 305 g/mol. The van der Waals surface area contributed by atoms with Gasteiger partial charge in [0.1, 0.15) is 0 Å². The average Bonchev–Trinajstić information content (AvgIpc) is 3.11. The van der Waals surface area contributed by atoms with Crippen molar-refractivity contribution in [1.29, 1.82) is 0 Å². The van der Waals surface area contributed by atoms with Gasteiger partial charge in [0.05, 0.1) is 12.2 Å². The minimum Gasteiger partial charge on any atom is -0.335 e. The Balaban J connectivity index is 1.70. The van der Waals surface area contributed by atoms with Gasteiger partial charge in [0.2, 0.25) is 5.91 Å². The van der Waals surface area contributed by atoms with Gasteiger partial charge in [-0.05, 0) is 34.4 Å². The van der Waals surface area contributed by atoms with Gasteiger partial charge in [0.15, 0.2) is 0 Å². The zero-order chi connectivity index (χ0) is 15.9. The number of likely N-dealkylation sites (N-methyl/N-ethyl adjacent to an activating group) is 1. The van der Waals surface area contributed by atoms with Crippen molar-refractivity contribution in [3.63, 3.8) is 0 Å². The molecule has 0 aromatic carbocycles. The van der Waals surface area contributed by atoms with Crippen molar-refractivity contribution in [3.8, 4) is 0 Å². The molecule has 2 aliphatic rings. The Morgan fingerprint density at radius 3 is 2.77 bits per heavy atom. The number of hydrogen-bond donors (Lipinski definition) is 0. The molecule has 6 heteroatoms. The molecule has 3 unspecified atom stereocenters. The van der Waals surface area contributed by atoms with E-state index in [1.165, 1.54) is 5.56 Å². The Bertz CT molecular complexity index is 540. The van der Waals surface area contributed by atoms with Gasteiger partial charge in [-0.15, -0.1) is 0 Å². The maximum atomic E-state index is 12.7. The van der Waals surface area contributed by atoms with E-state index in [0.29, 0.717) is 12.1 Å². The van der Waals surface area contributed by atoms with Crippen LogP contribution in [0.1, 0.15) is 25.8 Å². The molecule has 1 amide bonds. The monoisotopic (exact) mass is 305 g/mol. The van der Waals surface area contributed by atoms with Gasteiger partial charge in [-0.1, -0.05) is 0 Å². The Morgan fingerprint density at radius 2 is 2.14 bits per heavy atom. The number of aryl methyl sites for hydroxylation is 1. The van der Waals surface area contributed by atoms with Gasteiger partial charge in [-0.3, -0.25) is 14.4 Å². The summed E-state index contributed by atoms with van der Waals surface area (Å²) in [6, 6.07) is 0.809. The van der Waals surface area contributed by atoms with Crippen LogP contribution in [0.25, 0.3) is 0 Å². The Labute approximate surface area is 132 Å². The summed E-state index contributed by atoms with van der Waals surface area (Å²) in [4.78, 5) is 19.3. The second kappa shape index (κ2) is 6.01. The van der Waals surface area contributed by atoms with Crippen LogP contribution in [0, 0.1) is 0 Å². The van der Waals surface area contributed by atoms with Crippen molar-refractivity contribution >= 4 is 5.91 Å². The van der Waals surface area contributed by atoms with Gasteiger partial charge in [-0.2, -0.15) is 5.10 Å². The summed E-state index contributed by atoms with van der Waals surface area (Å²) >= 11 is 0. The van der Waals surface area contributed by atoms with Crippen molar-refractivity contribution in [3.05, 3.63) is 18.0 Å². The van der Waals surface area contributed by atoms with E-state index >= 15 is 0 Å². The minimum absolute atomic E-state index is 0.0397. The molecule has 22 heavy (non-hydrogen) atoms. The maximum absolute atomic E-state index is 12.7. The van der Waals surface area contributed by atoms with E-state index < -0.39 is 0 Å². The van der Waals surface area contributed by atoms with Crippen LogP contribution >= 0.6 is 0 Å². The molecule has 3 heterocycles. The van der Waals surface area contributed by atoms with E-state index in [0.717, 1.165) is 32.6 Å². The van der Waals surface area contributed by atoms with Crippen molar-refractivity contribution in [2.45, 2.75) is 51.5 Å². The van der Waals surface area contributed by atoms with Crippen LogP contribution in [0.5, 0.6) is 0 Å².